The fourth-order valence-electron chi connectivity index (χ4n) is 1.08. The molecule has 1 nitrogen and oxygen atoms in total. The van der Waals surface area contributed by atoms with Crippen molar-refractivity contribution in [3.8, 4) is 0 Å². The van der Waals surface area contributed by atoms with Gasteiger partial charge < -0.3 is 0 Å². The lowest BCUT2D eigenvalue weighted by Gasteiger charge is -2.10. The van der Waals surface area contributed by atoms with E-state index in [2.05, 4.69) is 0 Å². The van der Waals surface area contributed by atoms with Crippen molar-refractivity contribution in [2.24, 2.45) is 0 Å². The van der Waals surface area contributed by atoms with Crippen molar-refractivity contribution in [2.45, 2.75) is 12.6 Å². The third-order valence-corrected chi connectivity index (χ3v) is 1.85. The van der Waals surface area contributed by atoms with Gasteiger partial charge in [0, 0.05) is 0 Å². The summed E-state index contributed by atoms with van der Waals surface area (Å²) in [6, 6.07) is 0.212. The number of hydrogen-bond donors (Lipinski definition) is 0. The Kier molecular flexibility index (Phi) is 3.44. The van der Waals surface area contributed by atoms with E-state index in [1.807, 2.05) is 0 Å². The van der Waals surface area contributed by atoms with E-state index in [9.17, 15) is 35.5 Å². The third kappa shape index (κ3) is 2.56. The summed E-state index contributed by atoms with van der Waals surface area (Å²) in [5.41, 5.74) is -3.37. The highest BCUT2D eigenvalue weighted by molar-refractivity contribution is 5.98. The number of hydrogen-bond acceptors (Lipinski definition) is 1. The van der Waals surface area contributed by atoms with Crippen LogP contribution < -0.4 is 0 Å². The zero-order valence-electron chi connectivity index (χ0n) is 7.79. The lowest BCUT2D eigenvalue weighted by Crippen LogP contribution is -2.16. The molecule has 8 heteroatoms. The molecule has 0 aromatic heterocycles. The number of ketones is 1. The first-order valence-electron chi connectivity index (χ1n) is 4.03. The molecule has 0 atom stereocenters. The molecule has 0 N–H and O–H groups in total. The fourth-order valence-corrected chi connectivity index (χ4v) is 1.08. The predicted molar refractivity (Wildman–Crippen MR) is 41.7 cm³/mol. The van der Waals surface area contributed by atoms with Crippen LogP contribution in [0.25, 0.3) is 0 Å². The normalized spacial score (nSPS) is 12.0. The molecule has 0 saturated heterocycles. The molecule has 94 valence electrons. The van der Waals surface area contributed by atoms with E-state index in [-0.39, 0.29) is 12.1 Å². The first-order valence-corrected chi connectivity index (χ1v) is 4.03. The molecule has 0 radical (unpaired) electrons. The maximum absolute atomic E-state index is 13.0. The molecule has 0 aliphatic heterocycles. The Bertz CT molecular complexity index is 449. The number of Topliss-reactive ketones (excluding diaryl/α,β-unsaturated/α-hetero) is 1. The summed E-state index contributed by atoms with van der Waals surface area (Å²) >= 11 is 0. The third-order valence-electron chi connectivity index (χ3n) is 1.85. The minimum Gasteiger partial charge on any atom is -0.288 e. The molecule has 0 heterocycles. The summed E-state index contributed by atoms with van der Waals surface area (Å²) in [5, 5.41) is 0. The Labute approximate surface area is 89.8 Å². The van der Waals surface area contributed by atoms with Gasteiger partial charge in [-0.1, -0.05) is 0 Å². The van der Waals surface area contributed by atoms with E-state index in [0.29, 0.717) is 0 Å². The van der Waals surface area contributed by atoms with Crippen molar-refractivity contribution in [3.05, 3.63) is 34.9 Å². The van der Waals surface area contributed by atoms with Crippen molar-refractivity contribution in [2.75, 3.05) is 0 Å². The smallest absolute Gasteiger partial charge is 0.288 e. The van der Waals surface area contributed by atoms with Gasteiger partial charge in [0.2, 0.25) is 5.78 Å². The van der Waals surface area contributed by atoms with Gasteiger partial charge in [0.1, 0.15) is 0 Å². The van der Waals surface area contributed by atoms with Crippen molar-refractivity contribution in [1.29, 1.82) is 0 Å². The highest BCUT2D eigenvalue weighted by Gasteiger charge is 2.37. The molecule has 0 bridgehead atoms. The molecule has 1 aromatic rings. The second-order valence-corrected chi connectivity index (χ2v) is 2.95. The Morgan fingerprint density at radius 3 is 2.00 bits per heavy atom. The van der Waals surface area contributed by atoms with Gasteiger partial charge in [0.15, 0.2) is 11.6 Å². The van der Waals surface area contributed by atoms with Crippen LogP contribution in [0.3, 0.4) is 0 Å². The van der Waals surface area contributed by atoms with Gasteiger partial charge in [-0.3, -0.25) is 4.79 Å². The van der Waals surface area contributed by atoms with E-state index in [4.69, 9.17) is 0 Å². The van der Waals surface area contributed by atoms with E-state index in [1.54, 1.807) is 0 Å². The number of halogens is 7. The summed E-state index contributed by atoms with van der Waals surface area (Å²) in [6.07, 6.45) is -8.79. The minimum atomic E-state index is -5.17. The quantitative estimate of drug-likeness (QED) is 0.588. The van der Waals surface area contributed by atoms with Crippen molar-refractivity contribution >= 4 is 5.78 Å². The van der Waals surface area contributed by atoms with Crippen LogP contribution in [0.15, 0.2) is 12.1 Å². The lowest BCUT2D eigenvalue weighted by molar-refractivity contribution is -0.140. The molecule has 0 unspecified atom stereocenters. The maximum Gasteiger partial charge on any atom is 0.419 e. The molecule has 17 heavy (non-hydrogen) atoms. The molecular weight excluding hydrogens is 257 g/mol. The first-order chi connectivity index (χ1) is 7.66. The molecule has 0 spiro atoms. The van der Waals surface area contributed by atoms with Crippen LogP contribution in [0.5, 0.6) is 0 Å². The van der Waals surface area contributed by atoms with Crippen molar-refractivity contribution in [3.63, 3.8) is 0 Å². The first kappa shape index (κ1) is 13.5. The second kappa shape index (κ2) is 4.34. The van der Waals surface area contributed by atoms with Gasteiger partial charge in [0.25, 0.3) is 0 Å². The van der Waals surface area contributed by atoms with E-state index >= 15 is 0 Å². The van der Waals surface area contributed by atoms with Gasteiger partial charge >= 0.3 is 12.6 Å². The minimum absolute atomic E-state index is 0.0357. The fraction of sp³-hybridized carbons (Fsp3) is 0.222. The zero-order valence-corrected chi connectivity index (χ0v) is 7.79. The number of rotatable bonds is 2. The van der Waals surface area contributed by atoms with Crippen molar-refractivity contribution in [1.82, 2.24) is 0 Å². The van der Waals surface area contributed by atoms with Gasteiger partial charge in [-0.25, -0.2) is 17.6 Å². The van der Waals surface area contributed by atoms with E-state index < -0.39 is 41.1 Å². The average molecular weight is 260 g/mol. The second-order valence-electron chi connectivity index (χ2n) is 2.95. The summed E-state index contributed by atoms with van der Waals surface area (Å²) in [6.45, 7) is 0. The average Bonchev–Trinajstić information content (AvgIpc) is 2.19. The largest absolute Gasteiger partial charge is 0.419 e. The summed E-state index contributed by atoms with van der Waals surface area (Å²) in [4.78, 5) is 10.6. The molecule has 0 aliphatic carbocycles. The number of benzene rings is 1. The van der Waals surface area contributed by atoms with Gasteiger partial charge in [-0.05, 0) is 12.1 Å². The summed E-state index contributed by atoms with van der Waals surface area (Å²) in [5.74, 6) is -6.68. The molecule has 0 fully saturated rings. The van der Waals surface area contributed by atoms with E-state index in [1.165, 1.54) is 0 Å². The highest BCUT2D eigenvalue weighted by Crippen LogP contribution is 2.33. The topological polar surface area (TPSA) is 17.1 Å². The van der Waals surface area contributed by atoms with Crippen LogP contribution in [-0.2, 0) is 6.18 Å². The standard InChI is InChI=1S/C9H3F7O/c10-5-3(7(17)8(12)13)1-2-4(6(5)11)9(14,15)16/h1-2,8H. The van der Waals surface area contributed by atoms with Crippen LogP contribution in [0.1, 0.15) is 15.9 Å². The molecular formula is C9H3F7O. The molecule has 0 aliphatic rings. The monoisotopic (exact) mass is 260 g/mol. The SMILES string of the molecule is O=C(c1ccc(C(F)(F)F)c(F)c1F)C(F)F. The number of carbonyl (C=O) groups is 1. The van der Waals surface area contributed by atoms with Crippen LogP contribution in [0.4, 0.5) is 30.7 Å². The zero-order chi connectivity index (χ0) is 13.4. The summed E-state index contributed by atoms with van der Waals surface area (Å²) < 4.78 is 85.9. The van der Waals surface area contributed by atoms with Crippen LogP contribution in [0.2, 0.25) is 0 Å². The Morgan fingerprint density at radius 2 is 1.59 bits per heavy atom. The number of carbonyl (C=O) groups excluding carboxylic acids is 1. The number of alkyl halides is 5. The molecule has 1 rings (SSSR count). The van der Waals surface area contributed by atoms with Gasteiger partial charge in [0.05, 0.1) is 11.1 Å². The van der Waals surface area contributed by atoms with Crippen molar-refractivity contribution < 1.29 is 35.5 Å². The Hall–Kier alpha value is -1.60. The maximum atomic E-state index is 13.0. The van der Waals surface area contributed by atoms with Gasteiger partial charge in [-0.15, -0.1) is 0 Å². The molecule has 0 saturated carbocycles. The van der Waals surface area contributed by atoms with Crippen LogP contribution in [-0.4, -0.2) is 12.2 Å². The van der Waals surface area contributed by atoms with Crippen LogP contribution >= 0.6 is 0 Å². The Balaban J connectivity index is 3.35. The van der Waals surface area contributed by atoms with Crippen LogP contribution in [0, 0.1) is 11.6 Å². The highest BCUT2D eigenvalue weighted by atomic mass is 19.4. The lowest BCUT2D eigenvalue weighted by atomic mass is 10.1. The molecule has 1 aromatic carbocycles. The molecule has 0 amide bonds. The van der Waals surface area contributed by atoms with Gasteiger partial charge in [-0.2, -0.15) is 13.2 Å². The predicted octanol–water partition coefficient (Wildman–Crippen LogP) is 3.43. The Morgan fingerprint density at radius 1 is 1.06 bits per heavy atom. The summed E-state index contributed by atoms with van der Waals surface area (Å²) in [7, 11) is 0. The van der Waals surface area contributed by atoms with E-state index in [0.717, 1.165) is 0 Å².